The Morgan fingerprint density at radius 2 is 2.06 bits per heavy atom. The number of rotatable bonds is 2. The summed E-state index contributed by atoms with van der Waals surface area (Å²) in [6.07, 6.45) is 4.10. The van der Waals surface area contributed by atoms with Crippen molar-refractivity contribution in [2.45, 2.75) is 0 Å². The van der Waals surface area contributed by atoms with Gasteiger partial charge < -0.3 is 4.74 Å². The molecule has 4 nitrogen and oxygen atoms in total. The number of hydrazone groups is 1. The van der Waals surface area contributed by atoms with Crippen molar-refractivity contribution in [2.75, 3.05) is 20.2 Å². The first-order valence-corrected chi connectivity index (χ1v) is 5.29. The maximum absolute atomic E-state index is 5.13. The van der Waals surface area contributed by atoms with Crippen LogP contribution < -0.4 is 4.74 Å². The lowest BCUT2D eigenvalue weighted by molar-refractivity contribution is 0.0965. The van der Waals surface area contributed by atoms with Crippen molar-refractivity contribution >= 4 is 5.71 Å². The van der Waals surface area contributed by atoms with Gasteiger partial charge in [0.2, 0.25) is 0 Å². The van der Waals surface area contributed by atoms with Gasteiger partial charge in [0.25, 0.3) is 0 Å². The zero-order chi connectivity index (χ0) is 11.0. The Balaban J connectivity index is 1.85. The maximum atomic E-state index is 5.13. The van der Waals surface area contributed by atoms with E-state index in [-0.39, 0.29) is 0 Å². The third kappa shape index (κ3) is 1.47. The molecule has 2 aliphatic heterocycles. The normalized spacial score (nSPS) is 18.8. The van der Waals surface area contributed by atoms with E-state index in [0.29, 0.717) is 0 Å². The number of fused-ring (bicyclic) bond motifs is 1. The summed E-state index contributed by atoms with van der Waals surface area (Å²) in [6.45, 7) is 1.82. The van der Waals surface area contributed by atoms with Gasteiger partial charge >= 0.3 is 0 Å². The van der Waals surface area contributed by atoms with Gasteiger partial charge in [-0.2, -0.15) is 10.1 Å². The summed E-state index contributed by atoms with van der Waals surface area (Å²) >= 11 is 0. The Bertz CT molecular complexity index is 450. The molecular weight excluding hydrogens is 202 g/mol. The van der Waals surface area contributed by atoms with Crippen LogP contribution in [0.5, 0.6) is 5.75 Å². The first-order chi connectivity index (χ1) is 7.86. The Morgan fingerprint density at radius 1 is 1.25 bits per heavy atom. The molecule has 4 heteroatoms. The standard InChI is InChI=1S/C12H13N3O/c1-16-11-5-3-10(4-6-11)12-9-14-7-2-8-15(14)13-12/h2-6,8H,7,9H2,1H3. The molecule has 0 aromatic heterocycles. The highest BCUT2D eigenvalue weighted by Crippen LogP contribution is 2.20. The largest absolute Gasteiger partial charge is 0.497 e. The number of hydrogen-bond donors (Lipinski definition) is 0. The second-order valence-corrected chi connectivity index (χ2v) is 3.83. The third-order valence-corrected chi connectivity index (χ3v) is 2.82. The lowest BCUT2D eigenvalue weighted by Crippen LogP contribution is -2.28. The third-order valence-electron chi connectivity index (χ3n) is 2.82. The number of hydrogen-bond acceptors (Lipinski definition) is 4. The van der Waals surface area contributed by atoms with E-state index in [2.05, 4.69) is 16.2 Å². The van der Waals surface area contributed by atoms with Gasteiger partial charge in [0.05, 0.1) is 19.4 Å². The van der Waals surface area contributed by atoms with Gasteiger partial charge in [-0.05, 0) is 35.9 Å². The predicted octanol–water partition coefficient (Wildman–Crippen LogP) is 1.46. The van der Waals surface area contributed by atoms with E-state index in [1.807, 2.05) is 35.6 Å². The van der Waals surface area contributed by atoms with Gasteiger partial charge in [-0.25, -0.2) is 5.12 Å². The highest BCUT2D eigenvalue weighted by atomic mass is 16.5. The van der Waals surface area contributed by atoms with Crippen molar-refractivity contribution in [1.82, 2.24) is 10.1 Å². The van der Waals surface area contributed by atoms with E-state index in [0.717, 1.165) is 30.1 Å². The Labute approximate surface area is 94.4 Å². The van der Waals surface area contributed by atoms with Crippen LogP contribution in [0.25, 0.3) is 0 Å². The average molecular weight is 215 g/mol. The summed E-state index contributed by atoms with van der Waals surface area (Å²) in [6, 6.07) is 8.02. The van der Waals surface area contributed by atoms with Crippen molar-refractivity contribution in [2.24, 2.45) is 5.10 Å². The van der Waals surface area contributed by atoms with Crippen LogP contribution in [0.15, 0.2) is 41.6 Å². The summed E-state index contributed by atoms with van der Waals surface area (Å²) in [7, 11) is 1.68. The second-order valence-electron chi connectivity index (χ2n) is 3.83. The molecule has 0 atom stereocenters. The summed E-state index contributed by atoms with van der Waals surface area (Å²) in [5, 5.41) is 8.61. The quantitative estimate of drug-likeness (QED) is 0.747. The summed E-state index contributed by atoms with van der Waals surface area (Å²) < 4.78 is 5.13. The van der Waals surface area contributed by atoms with Gasteiger partial charge in [-0.3, -0.25) is 0 Å². The number of benzene rings is 1. The topological polar surface area (TPSA) is 28.1 Å². The lowest BCUT2D eigenvalue weighted by atomic mass is 10.1. The SMILES string of the molecule is COc1ccc(C2=NN3C=CCN3C2)cc1. The fraction of sp³-hybridized carbons (Fsp3) is 0.250. The van der Waals surface area contributed by atoms with Gasteiger partial charge in [-0.15, -0.1) is 0 Å². The molecule has 0 N–H and O–H groups in total. The highest BCUT2D eigenvalue weighted by Gasteiger charge is 2.25. The van der Waals surface area contributed by atoms with E-state index >= 15 is 0 Å². The molecule has 0 saturated heterocycles. The van der Waals surface area contributed by atoms with Gasteiger partial charge in [0, 0.05) is 12.7 Å². The first-order valence-electron chi connectivity index (χ1n) is 5.29. The monoisotopic (exact) mass is 215 g/mol. The van der Waals surface area contributed by atoms with Crippen LogP contribution in [0, 0.1) is 0 Å². The summed E-state index contributed by atoms with van der Waals surface area (Å²) in [5.74, 6) is 0.878. The molecule has 0 fully saturated rings. The molecule has 0 radical (unpaired) electrons. The van der Waals surface area contributed by atoms with Crippen LogP contribution in [0.4, 0.5) is 0 Å². The van der Waals surface area contributed by atoms with E-state index in [9.17, 15) is 0 Å². The molecule has 2 heterocycles. The molecule has 0 saturated carbocycles. The van der Waals surface area contributed by atoms with Crippen LogP contribution in [0.2, 0.25) is 0 Å². The van der Waals surface area contributed by atoms with Crippen molar-refractivity contribution < 1.29 is 4.74 Å². The zero-order valence-corrected chi connectivity index (χ0v) is 9.13. The van der Waals surface area contributed by atoms with Crippen molar-refractivity contribution in [3.05, 3.63) is 42.1 Å². The van der Waals surface area contributed by atoms with Crippen LogP contribution in [0.3, 0.4) is 0 Å². The maximum Gasteiger partial charge on any atom is 0.118 e. The molecule has 2 aliphatic rings. The van der Waals surface area contributed by atoms with E-state index < -0.39 is 0 Å². The van der Waals surface area contributed by atoms with Crippen LogP contribution >= 0.6 is 0 Å². The van der Waals surface area contributed by atoms with E-state index in [1.54, 1.807) is 7.11 Å². The van der Waals surface area contributed by atoms with E-state index in [1.165, 1.54) is 0 Å². The Morgan fingerprint density at radius 3 is 2.75 bits per heavy atom. The molecule has 0 unspecified atom stereocenters. The molecule has 0 amide bonds. The first kappa shape index (κ1) is 9.42. The van der Waals surface area contributed by atoms with Gasteiger partial charge in [0.1, 0.15) is 5.75 Å². The van der Waals surface area contributed by atoms with E-state index in [4.69, 9.17) is 4.74 Å². The van der Waals surface area contributed by atoms with Crippen LogP contribution in [0.1, 0.15) is 5.56 Å². The highest BCUT2D eigenvalue weighted by molar-refractivity contribution is 6.02. The number of ether oxygens (including phenoxy) is 1. The molecule has 82 valence electrons. The number of methoxy groups -OCH3 is 1. The average Bonchev–Trinajstić information content (AvgIpc) is 2.89. The van der Waals surface area contributed by atoms with Crippen molar-refractivity contribution in [3.8, 4) is 5.75 Å². The minimum Gasteiger partial charge on any atom is -0.497 e. The second kappa shape index (κ2) is 3.64. The molecule has 0 bridgehead atoms. The molecular formula is C12H13N3O. The van der Waals surface area contributed by atoms with Crippen molar-refractivity contribution in [3.63, 3.8) is 0 Å². The van der Waals surface area contributed by atoms with Gasteiger partial charge in [0.15, 0.2) is 0 Å². The zero-order valence-electron chi connectivity index (χ0n) is 9.13. The molecule has 3 rings (SSSR count). The predicted molar refractivity (Wildman–Crippen MR) is 62.1 cm³/mol. The molecule has 0 spiro atoms. The minimum absolute atomic E-state index is 0.874. The summed E-state index contributed by atoms with van der Waals surface area (Å²) in [5.41, 5.74) is 2.26. The molecule has 1 aromatic carbocycles. The minimum atomic E-state index is 0.874. The molecule has 0 aliphatic carbocycles. The summed E-state index contributed by atoms with van der Waals surface area (Å²) in [4.78, 5) is 0. The lowest BCUT2D eigenvalue weighted by Gasteiger charge is -2.15. The van der Waals surface area contributed by atoms with Crippen LogP contribution in [-0.2, 0) is 0 Å². The molecule has 1 aromatic rings. The van der Waals surface area contributed by atoms with Crippen molar-refractivity contribution in [1.29, 1.82) is 0 Å². The van der Waals surface area contributed by atoms with Gasteiger partial charge in [-0.1, -0.05) is 0 Å². The smallest absolute Gasteiger partial charge is 0.118 e. The molecule has 16 heavy (non-hydrogen) atoms. The fourth-order valence-corrected chi connectivity index (χ4v) is 1.94. The Hall–Kier alpha value is -1.81. The number of hydrazine groups is 1. The fourth-order valence-electron chi connectivity index (χ4n) is 1.94. The number of nitrogens with zero attached hydrogens (tertiary/aromatic N) is 3. The Kier molecular flexibility index (Phi) is 2.15. The van der Waals surface area contributed by atoms with Crippen LogP contribution in [-0.4, -0.2) is 36.0 Å².